The van der Waals surface area contributed by atoms with Gasteiger partial charge in [0.05, 0.1) is 0 Å². The molecule has 0 unspecified atom stereocenters. The minimum Gasteiger partial charge on any atom is -0.314 e. The van der Waals surface area contributed by atoms with Crippen molar-refractivity contribution in [1.82, 2.24) is 10.2 Å². The Bertz CT molecular complexity index is 473. The van der Waals surface area contributed by atoms with Crippen molar-refractivity contribution in [3.63, 3.8) is 0 Å². The summed E-state index contributed by atoms with van der Waals surface area (Å²) >= 11 is 0. The molecule has 5 heteroatoms. The summed E-state index contributed by atoms with van der Waals surface area (Å²) in [6.07, 6.45) is 0.602. The van der Waals surface area contributed by atoms with Gasteiger partial charge >= 0.3 is 0 Å². The lowest BCUT2D eigenvalue weighted by atomic mass is 9.97. The van der Waals surface area contributed by atoms with E-state index in [1.54, 1.807) is 0 Å². The van der Waals surface area contributed by atoms with Gasteiger partial charge in [-0.05, 0) is 31.0 Å². The quantitative estimate of drug-likeness (QED) is 0.675. The predicted molar refractivity (Wildman–Crippen MR) is 72.9 cm³/mol. The summed E-state index contributed by atoms with van der Waals surface area (Å²) < 4.78 is 40.0. The van der Waals surface area contributed by atoms with E-state index in [2.05, 4.69) is 16.8 Å². The summed E-state index contributed by atoms with van der Waals surface area (Å²) in [6, 6.07) is 2.02. The summed E-state index contributed by atoms with van der Waals surface area (Å²) in [5, 5.41) is 3.23. The summed E-state index contributed by atoms with van der Waals surface area (Å²) in [6.45, 7) is 9.00. The molecule has 1 atom stereocenters. The van der Waals surface area contributed by atoms with Gasteiger partial charge in [-0.1, -0.05) is 5.57 Å². The molecule has 0 aliphatic carbocycles. The van der Waals surface area contributed by atoms with Crippen molar-refractivity contribution in [3.05, 3.63) is 47.3 Å². The van der Waals surface area contributed by atoms with Crippen molar-refractivity contribution in [2.45, 2.75) is 19.4 Å². The van der Waals surface area contributed by atoms with Gasteiger partial charge in [0.25, 0.3) is 0 Å². The first kappa shape index (κ1) is 15.1. The molecule has 1 heterocycles. The number of piperazine rings is 1. The van der Waals surface area contributed by atoms with E-state index in [-0.39, 0.29) is 6.04 Å². The van der Waals surface area contributed by atoms with Crippen molar-refractivity contribution in [3.8, 4) is 0 Å². The number of benzene rings is 1. The van der Waals surface area contributed by atoms with Crippen molar-refractivity contribution < 1.29 is 13.2 Å². The van der Waals surface area contributed by atoms with Crippen LogP contribution in [0.2, 0.25) is 0 Å². The third kappa shape index (κ3) is 3.41. The minimum absolute atomic E-state index is 0.167. The predicted octanol–water partition coefficient (Wildman–Crippen LogP) is 3.02. The summed E-state index contributed by atoms with van der Waals surface area (Å²) in [7, 11) is 0. The van der Waals surface area contributed by atoms with E-state index in [1.165, 1.54) is 0 Å². The van der Waals surface area contributed by atoms with E-state index in [1.807, 2.05) is 6.92 Å². The van der Waals surface area contributed by atoms with Crippen molar-refractivity contribution in [2.75, 3.05) is 26.2 Å². The molecule has 110 valence electrons. The Kier molecular flexibility index (Phi) is 4.83. The van der Waals surface area contributed by atoms with Gasteiger partial charge in [0.1, 0.15) is 0 Å². The second-order valence-corrected chi connectivity index (χ2v) is 5.26. The highest BCUT2D eigenvalue weighted by Gasteiger charge is 2.24. The summed E-state index contributed by atoms with van der Waals surface area (Å²) in [5.74, 6) is -3.69. The van der Waals surface area contributed by atoms with Gasteiger partial charge < -0.3 is 5.32 Å². The highest BCUT2D eigenvalue weighted by molar-refractivity contribution is 5.24. The molecule has 1 aromatic rings. The molecule has 2 nitrogen and oxygen atoms in total. The first-order valence-electron chi connectivity index (χ1n) is 6.72. The zero-order valence-electron chi connectivity index (χ0n) is 11.6. The molecule has 20 heavy (non-hydrogen) atoms. The Morgan fingerprint density at radius 2 is 1.80 bits per heavy atom. The first-order chi connectivity index (χ1) is 9.49. The van der Waals surface area contributed by atoms with Crippen LogP contribution in [0.5, 0.6) is 0 Å². The van der Waals surface area contributed by atoms with Gasteiger partial charge in [-0.25, -0.2) is 13.2 Å². The second kappa shape index (κ2) is 6.41. The lowest BCUT2D eigenvalue weighted by Gasteiger charge is -2.35. The van der Waals surface area contributed by atoms with Crippen LogP contribution < -0.4 is 5.32 Å². The Balaban J connectivity index is 2.32. The molecular weight excluding hydrogens is 265 g/mol. The molecule has 2 rings (SSSR count). The topological polar surface area (TPSA) is 15.3 Å². The Labute approximate surface area is 117 Å². The molecule has 1 aliphatic rings. The Morgan fingerprint density at radius 3 is 2.30 bits per heavy atom. The summed E-state index contributed by atoms with van der Waals surface area (Å²) in [5.41, 5.74) is 1.39. The third-order valence-electron chi connectivity index (χ3n) is 3.53. The highest BCUT2D eigenvalue weighted by Crippen LogP contribution is 2.29. The van der Waals surface area contributed by atoms with Gasteiger partial charge in [0, 0.05) is 32.2 Å². The fourth-order valence-electron chi connectivity index (χ4n) is 2.55. The zero-order chi connectivity index (χ0) is 14.7. The molecule has 0 aromatic heterocycles. The monoisotopic (exact) mass is 284 g/mol. The maximum absolute atomic E-state index is 13.4. The molecule has 1 aromatic carbocycles. The molecule has 0 spiro atoms. The summed E-state index contributed by atoms with van der Waals surface area (Å²) in [4.78, 5) is 2.15. The maximum Gasteiger partial charge on any atom is 0.194 e. The van der Waals surface area contributed by atoms with E-state index in [0.717, 1.165) is 43.9 Å². The smallest absolute Gasteiger partial charge is 0.194 e. The fourth-order valence-corrected chi connectivity index (χ4v) is 2.55. The Morgan fingerprint density at radius 1 is 1.25 bits per heavy atom. The zero-order valence-corrected chi connectivity index (χ0v) is 11.6. The Hall–Kier alpha value is -1.33. The van der Waals surface area contributed by atoms with Crippen LogP contribution in [0.3, 0.4) is 0 Å². The van der Waals surface area contributed by atoms with Gasteiger partial charge in [0.2, 0.25) is 0 Å². The van der Waals surface area contributed by atoms with Gasteiger partial charge in [-0.15, -0.1) is 6.58 Å². The van der Waals surface area contributed by atoms with Crippen molar-refractivity contribution in [2.24, 2.45) is 0 Å². The molecule has 0 bridgehead atoms. The number of hydrogen-bond acceptors (Lipinski definition) is 2. The first-order valence-corrected chi connectivity index (χ1v) is 6.72. The van der Waals surface area contributed by atoms with Crippen LogP contribution in [-0.4, -0.2) is 31.1 Å². The second-order valence-electron chi connectivity index (χ2n) is 5.26. The van der Waals surface area contributed by atoms with E-state index in [0.29, 0.717) is 12.0 Å². The molecule has 0 radical (unpaired) electrons. The molecule has 1 N–H and O–H groups in total. The number of hydrogen-bond donors (Lipinski definition) is 1. The average Bonchev–Trinajstić information content (AvgIpc) is 2.42. The number of halogens is 3. The van der Waals surface area contributed by atoms with E-state index >= 15 is 0 Å². The molecule has 1 fully saturated rings. The number of rotatable bonds is 4. The average molecular weight is 284 g/mol. The van der Waals surface area contributed by atoms with Crippen LogP contribution in [0.15, 0.2) is 24.3 Å². The number of nitrogens with one attached hydrogen (secondary N) is 1. The standard InChI is InChI=1S/C15H19F3N2/c1-10(2)7-14(20-5-3-19-4-6-20)11-8-12(16)15(18)13(17)9-11/h8-9,14,19H,1,3-7H2,2H3/t14-/m1/s1. The van der Waals surface area contributed by atoms with Gasteiger partial charge in [-0.2, -0.15) is 0 Å². The minimum atomic E-state index is -1.41. The van der Waals surface area contributed by atoms with Crippen LogP contribution >= 0.6 is 0 Å². The van der Waals surface area contributed by atoms with Crippen molar-refractivity contribution in [1.29, 1.82) is 0 Å². The molecule has 0 saturated carbocycles. The van der Waals surface area contributed by atoms with Crippen LogP contribution in [0.25, 0.3) is 0 Å². The van der Waals surface area contributed by atoms with Crippen LogP contribution in [0.4, 0.5) is 13.2 Å². The fraction of sp³-hybridized carbons (Fsp3) is 0.467. The lowest BCUT2D eigenvalue weighted by Crippen LogP contribution is -2.45. The van der Waals surface area contributed by atoms with Gasteiger partial charge in [0.15, 0.2) is 17.5 Å². The molecular formula is C15H19F3N2. The van der Waals surface area contributed by atoms with Crippen LogP contribution in [0.1, 0.15) is 24.9 Å². The maximum atomic E-state index is 13.4. The van der Waals surface area contributed by atoms with Crippen LogP contribution in [0, 0.1) is 17.5 Å². The van der Waals surface area contributed by atoms with E-state index in [4.69, 9.17) is 0 Å². The lowest BCUT2D eigenvalue weighted by molar-refractivity contribution is 0.171. The van der Waals surface area contributed by atoms with E-state index < -0.39 is 17.5 Å². The largest absolute Gasteiger partial charge is 0.314 e. The van der Waals surface area contributed by atoms with Crippen molar-refractivity contribution >= 4 is 0 Å². The molecule has 1 aliphatic heterocycles. The molecule has 1 saturated heterocycles. The van der Waals surface area contributed by atoms with Gasteiger partial charge in [-0.3, -0.25) is 4.90 Å². The highest BCUT2D eigenvalue weighted by atomic mass is 19.2. The van der Waals surface area contributed by atoms with E-state index in [9.17, 15) is 13.2 Å². The SMILES string of the molecule is C=C(C)C[C@H](c1cc(F)c(F)c(F)c1)N1CCNCC1. The molecule has 0 amide bonds. The normalized spacial score (nSPS) is 18.0. The number of nitrogens with zero attached hydrogens (tertiary/aromatic N) is 1. The van der Waals surface area contributed by atoms with Crippen LogP contribution in [-0.2, 0) is 0 Å². The third-order valence-corrected chi connectivity index (χ3v) is 3.53.